The van der Waals surface area contributed by atoms with E-state index in [0.717, 1.165) is 14.8 Å². The van der Waals surface area contributed by atoms with Gasteiger partial charge in [-0.25, -0.2) is 4.68 Å². The second-order valence-corrected chi connectivity index (χ2v) is 8.27. The van der Waals surface area contributed by atoms with E-state index in [4.69, 9.17) is 9.05 Å². The fourth-order valence-electron chi connectivity index (χ4n) is 2.32. The first-order chi connectivity index (χ1) is 11.6. The zero-order valence-corrected chi connectivity index (χ0v) is 16.1. The summed E-state index contributed by atoms with van der Waals surface area (Å²) >= 11 is 2.24. The van der Waals surface area contributed by atoms with Crippen LogP contribution in [0.15, 0.2) is 54.6 Å². The average molecular weight is 455 g/mol. The van der Waals surface area contributed by atoms with E-state index >= 15 is 0 Å². The van der Waals surface area contributed by atoms with Crippen LogP contribution in [0.5, 0.6) is 0 Å². The zero-order valence-electron chi connectivity index (χ0n) is 13.1. The van der Waals surface area contributed by atoms with Gasteiger partial charge in [0, 0.05) is 23.4 Å². The van der Waals surface area contributed by atoms with Gasteiger partial charge in [-0.1, -0.05) is 35.5 Å². The molecule has 0 aliphatic carbocycles. The van der Waals surface area contributed by atoms with Crippen molar-refractivity contribution in [2.45, 2.75) is 0 Å². The molecule has 0 saturated heterocycles. The van der Waals surface area contributed by atoms with Crippen molar-refractivity contribution in [2.75, 3.05) is 14.2 Å². The molecular formula is C16H15IN3O3P. The van der Waals surface area contributed by atoms with Gasteiger partial charge in [-0.15, -0.1) is 5.10 Å². The standard InChI is InChI=1S/C16H15IN3O3P/c1-22-24(21,23-2)16-15(12-6-4-3-5-7-12)20(19-18-16)14-10-8-13(17)9-11-14/h3-11H,1-2H3. The molecule has 6 nitrogen and oxygen atoms in total. The van der Waals surface area contributed by atoms with Crippen molar-refractivity contribution in [3.63, 3.8) is 0 Å². The SMILES string of the molecule is COP(=O)(OC)c1nnn(-c2ccc(I)cc2)c1-c1ccccc1. The lowest BCUT2D eigenvalue weighted by Crippen LogP contribution is -2.13. The molecule has 24 heavy (non-hydrogen) atoms. The van der Waals surface area contributed by atoms with Gasteiger partial charge in [0.05, 0.1) is 5.69 Å². The fourth-order valence-corrected chi connectivity index (χ4v) is 3.80. The molecule has 0 aliphatic heterocycles. The van der Waals surface area contributed by atoms with Gasteiger partial charge >= 0.3 is 7.60 Å². The van der Waals surface area contributed by atoms with Gasteiger partial charge in [0.1, 0.15) is 5.69 Å². The van der Waals surface area contributed by atoms with Gasteiger partial charge in [0.15, 0.2) is 0 Å². The van der Waals surface area contributed by atoms with E-state index in [9.17, 15) is 4.57 Å². The molecular weight excluding hydrogens is 440 g/mol. The summed E-state index contributed by atoms with van der Waals surface area (Å²) in [6.45, 7) is 0. The lowest BCUT2D eigenvalue weighted by molar-refractivity contribution is 0.286. The fraction of sp³-hybridized carbons (Fsp3) is 0.125. The quantitative estimate of drug-likeness (QED) is 0.434. The minimum Gasteiger partial charge on any atom is -0.307 e. The Morgan fingerprint density at radius 2 is 1.62 bits per heavy atom. The van der Waals surface area contributed by atoms with E-state index in [1.54, 1.807) is 4.68 Å². The maximum atomic E-state index is 12.9. The molecule has 0 unspecified atom stereocenters. The highest BCUT2D eigenvalue weighted by Crippen LogP contribution is 2.47. The molecule has 0 aliphatic rings. The smallest absolute Gasteiger partial charge is 0.307 e. The first-order valence-electron chi connectivity index (χ1n) is 7.08. The Balaban J connectivity index is 2.26. The van der Waals surface area contributed by atoms with Gasteiger partial charge in [-0.2, -0.15) is 0 Å². The second-order valence-electron chi connectivity index (χ2n) is 4.88. The van der Waals surface area contributed by atoms with E-state index in [-0.39, 0.29) is 5.44 Å². The molecule has 0 amide bonds. The molecule has 0 bridgehead atoms. The Hall–Kier alpha value is -1.54. The summed E-state index contributed by atoms with van der Waals surface area (Å²) in [5.41, 5.74) is 2.42. The summed E-state index contributed by atoms with van der Waals surface area (Å²) in [6, 6.07) is 17.3. The lowest BCUT2D eigenvalue weighted by Gasteiger charge is -2.14. The van der Waals surface area contributed by atoms with E-state index in [1.807, 2.05) is 54.6 Å². The van der Waals surface area contributed by atoms with Crippen molar-refractivity contribution >= 4 is 35.6 Å². The number of aromatic nitrogens is 3. The molecule has 0 spiro atoms. The third-order valence-electron chi connectivity index (χ3n) is 3.51. The van der Waals surface area contributed by atoms with E-state index in [2.05, 4.69) is 32.9 Å². The molecule has 0 atom stereocenters. The zero-order chi connectivity index (χ0) is 17.2. The third-order valence-corrected chi connectivity index (χ3v) is 6.01. The molecule has 8 heteroatoms. The monoisotopic (exact) mass is 455 g/mol. The predicted molar refractivity (Wildman–Crippen MR) is 101 cm³/mol. The summed E-state index contributed by atoms with van der Waals surface area (Å²) in [5, 5.41) is 8.29. The maximum Gasteiger partial charge on any atom is 0.383 e. The number of halogens is 1. The topological polar surface area (TPSA) is 66.2 Å². The molecule has 0 fully saturated rings. The Bertz CT molecular complexity index is 873. The van der Waals surface area contributed by atoms with Crippen molar-refractivity contribution in [2.24, 2.45) is 0 Å². The second kappa shape index (κ2) is 7.14. The molecule has 1 heterocycles. The van der Waals surface area contributed by atoms with Crippen molar-refractivity contribution in [1.29, 1.82) is 0 Å². The number of hydrogen-bond donors (Lipinski definition) is 0. The first kappa shape index (κ1) is 17.3. The predicted octanol–water partition coefficient (Wildman–Crippen LogP) is 3.65. The molecule has 0 radical (unpaired) electrons. The number of nitrogens with zero attached hydrogens (tertiary/aromatic N) is 3. The van der Waals surface area contributed by atoms with Crippen molar-refractivity contribution in [3.8, 4) is 16.9 Å². The van der Waals surface area contributed by atoms with E-state index < -0.39 is 7.60 Å². The highest BCUT2D eigenvalue weighted by Gasteiger charge is 2.34. The van der Waals surface area contributed by atoms with Gasteiger partial charge in [0.25, 0.3) is 0 Å². The van der Waals surface area contributed by atoms with Crippen LogP contribution < -0.4 is 5.44 Å². The number of hydrogen-bond acceptors (Lipinski definition) is 5. The molecule has 3 rings (SSSR count). The van der Waals surface area contributed by atoms with Crippen LogP contribution in [0.1, 0.15) is 0 Å². The van der Waals surface area contributed by atoms with Gasteiger partial charge < -0.3 is 9.05 Å². The molecule has 1 aromatic heterocycles. The maximum absolute atomic E-state index is 12.9. The summed E-state index contributed by atoms with van der Waals surface area (Å²) in [6.07, 6.45) is 0. The normalized spacial score (nSPS) is 11.6. The molecule has 2 aromatic carbocycles. The summed E-state index contributed by atoms with van der Waals surface area (Å²) in [5.74, 6) is 0. The van der Waals surface area contributed by atoms with Gasteiger partial charge in [-0.05, 0) is 46.9 Å². The van der Waals surface area contributed by atoms with Crippen LogP contribution in [-0.2, 0) is 13.6 Å². The van der Waals surface area contributed by atoms with Crippen LogP contribution in [0.3, 0.4) is 0 Å². The number of rotatable bonds is 5. The Morgan fingerprint density at radius 3 is 2.21 bits per heavy atom. The molecule has 0 N–H and O–H groups in total. The van der Waals surface area contributed by atoms with Crippen LogP contribution >= 0.6 is 30.2 Å². The van der Waals surface area contributed by atoms with Crippen LogP contribution in [0.2, 0.25) is 0 Å². The summed E-state index contributed by atoms with van der Waals surface area (Å²) in [4.78, 5) is 0. The number of benzene rings is 2. The van der Waals surface area contributed by atoms with Crippen LogP contribution in [0.4, 0.5) is 0 Å². The lowest BCUT2D eigenvalue weighted by atomic mass is 10.1. The Labute approximate surface area is 153 Å². The third kappa shape index (κ3) is 3.17. The Morgan fingerprint density at radius 1 is 1.00 bits per heavy atom. The Kier molecular flexibility index (Phi) is 5.15. The van der Waals surface area contributed by atoms with Crippen molar-refractivity contribution in [1.82, 2.24) is 15.0 Å². The minimum atomic E-state index is -3.54. The molecule has 3 aromatic rings. The highest BCUT2D eigenvalue weighted by atomic mass is 127. The summed E-state index contributed by atoms with van der Waals surface area (Å²) < 4.78 is 25.9. The summed E-state index contributed by atoms with van der Waals surface area (Å²) in [7, 11) is -0.869. The average Bonchev–Trinajstić information content (AvgIpc) is 3.08. The van der Waals surface area contributed by atoms with Gasteiger partial charge in [-0.3, -0.25) is 4.57 Å². The largest absolute Gasteiger partial charge is 0.383 e. The van der Waals surface area contributed by atoms with Crippen LogP contribution in [0.25, 0.3) is 16.9 Å². The van der Waals surface area contributed by atoms with E-state index in [1.165, 1.54) is 14.2 Å². The van der Waals surface area contributed by atoms with Crippen molar-refractivity contribution < 1.29 is 13.6 Å². The van der Waals surface area contributed by atoms with Crippen molar-refractivity contribution in [3.05, 3.63) is 58.2 Å². The van der Waals surface area contributed by atoms with Gasteiger partial charge in [0.2, 0.25) is 5.44 Å². The van der Waals surface area contributed by atoms with E-state index in [0.29, 0.717) is 5.69 Å². The van der Waals surface area contributed by atoms with Crippen LogP contribution in [0, 0.1) is 3.57 Å². The highest BCUT2D eigenvalue weighted by molar-refractivity contribution is 14.1. The molecule has 124 valence electrons. The molecule has 0 saturated carbocycles. The minimum absolute atomic E-state index is 0.192. The van der Waals surface area contributed by atoms with Crippen LogP contribution in [-0.4, -0.2) is 29.2 Å². The first-order valence-corrected chi connectivity index (χ1v) is 9.70.